The lowest BCUT2D eigenvalue weighted by Gasteiger charge is -2.29. The maximum atomic E-state index is 15.2. The number of carbonyl (C=O) groups excluding carboxylic acids is 18. The van der Waals surface area contributed by atoms with E-state index in [0.717, 1.165) is 57.6 Å². The third-order valence-corrected chi connectivity index (χ3v) is 20.3. The lowest BCUT2D eigenvalue weighted by atomic mass is 9.84. The van der Waals surface area contributed by atoms with E-state index >= 15 is 4.79 Å². The summed E-state index contributed by atoms with van der Waals surface area (Å²) < 4.78 is 15.4. The van der Waals surface area contributed by atoms with Gasteiger partial charge in [-0.2, -0.15) is 0 Å². The summed E-state index contributed by atoms with van der Waals surface area (Å²) in [6, 6.07) is -7.12. The van der Waals surface area contributed by atoms with Crippen molar-refractivity contribution < 1.29 is 125 Å². The number of aromatic nitrogens is 1. The molecule has 13 atom stereocenters. The van der Waals surface area contributed by atoms with Crippen LogP contribution in [0, 0.1) is 30.6 Å². The van der Waals surface area contributed by atoms with Gasteiger partial charge in [-0.3, -0.25) is 91.1 Å². The Kier molecular flexibility index (Phi) is 44.2. The number of nitrogens with one attached hydrogen (secondary N) is 12. The van der Waals surface area contributed by atoms with Crippen molar-refractivity contribution in [1.29, 1.82) is 0 Å². The number of carboxylic acid groups (broad SMARTS) is 2. The molecule has 0 bridgehead atoms. The second-order valence-corrected chi connectivity index (χ2v) is 30.5. The number of aliphatic hydroxyl groups excluding tert-OH is 1. The molecule has 0 radical (unpaired) electrons. The molecular weight excluding hydrogens is 1630 g/mol. The van der Waals surface area contributed by atoms with Crippen LogP contribution in [0.4, 0.5) is 5.69 Å². The summed E-state index contributed by atoms with van der Waals surface area (Å²) in [6.45, 7) is 5.52. The predicted molar refractivity (Wildman–Crippen MR) is 434 cm³/mol. The van der Waals surface area contributed by atoms with Crippen LogP contribution in [0.25, 0.3) is 10.9 Å². The minimum atomic E-state index is -2.38. The lowest BCUT2D eigenvalue weighted by molar-refractivity contribution is -0.156. The molecule has 1 aromatic heterocycles. The number of rotatable bonds is 41. The van der Waals surface area contributed by atoms with E-state index in [1.807, 2.05) is 19.1 Å². The van der Waals surface area contributed by atoms with Crippen molar-refractivity contribution >= 4 is 159 Å². The Labute approximate surface area is 707 Å². The number of H-pyrrole nitrogens is 1. The Morgan fingerprint density at radius 2 is 1.27 bits per heavy atom. The number of aliphatic hydroxyl groups is 1. The zero-order chi connectivity index (χ0) is 90.2. The zero-order valence-electron chi connectivity index (χ0n) is 68.6. The number of halogens is 2. The van der Waals surface area contributed by atoms with E-state index in [1.54, 1.807) is 26.1 Å². The molecule has 2 aromatic carbocycles. The first-order valence-corrected chi connectivity index (χ1v) is 40.6. The highest BCUT2D eigenvalue weighted by atomic mass is 35.5. The van der Waals surface area contributed by atoms with E-state index in [9.17, 15) is 106 Å². The minimum absolute atomic E-state index is 0.00134. The summed E-state index contributed by atoms with van der Waals surface area (Å²) in [5, 5.41) is 57.5. The van der Waals surface area contributed by atoms with Crippen LogP contribution >= 0.6 is 23.2 Å². The number of nitrogens with two attached hydrogens (primary N) is 1. The molecule has 39 nitrogen and oxygen atoms in total. The number of unbranched alkanes of at least 4 members (excludes halogenated alkanes) is 7. The van der Waals surface area contributed by atoms with Crippen LogP contribution in [0.1, 0.15) is 185 Å². The summed E-state index contributed by atoms with van der Waals surface area (Å²) in [7, 11) is 0. The van der Waals surface area contributed by atoms with Crippen LogP contribution in [0.3, 0.4) is 0 Å². The quantitative estimate of drug-likeness (QED) is 0.0125. The monoisotopic (exact) mass is 1740 g/mol. The number of primary amides is 1. The molecule has 41 heteroatoms. The number of aryl methyl sites for hydroxylation is 1. The van der Waals surface area contributed by atoms with Crippen LogP contribution in [0.15, 0.2) is 36.5 Å². The number of anilines is 1. The van der Waals surface area contributed by atoms with Crippen molar-refractivity contribution in [2.75, 3.05) is 44.8 Å². The third-order valence-electron chi connectivity index (χ3n) is 19.8. The summed E-state index contributed by atoms with van der Waals surface area (Å²) in [5.41, 5.74) is 7.40. The van der Waals surface area contributed by atoms with Crippen LogP contribution < -0.4 is 64.2 Å². The number of fused-ring (bicyclic) bond motifs is 1. The van der Waals surface area contributed by atoms with Gasteiger partial charge in [-0.25, -0.2) is 4.79 Å². The summed E-state index contributed by atoms with van der Waals surface area (Å²) in [4.78, 5) is 279. The predicted octanol–water partition coefficient (Wildman–Crippen LogP) is 1.35. The number of aromatic amines is 1. The number of ether oxygens (including phenoxy) is 3. The van der Waals surface area contributed by atoms with Gasteiger partial charge in [-0.15, -0.1) is 0 Å². The number of carbonyl (C=O) groups is 20. The second kappa shape index (κ2) is 52.5. The van der Waals surface area contributed by atoms with Crippen molar-refractivity contribution in [1.82, 2.24) is 58.2 Å². The van der Waals surface area contributed by atoms with Crippen LogP contribution in [-0.4, -0.2) is 233 Å². The van der Waals surface area contributed by atoms with Gasteiger partial charge >= 0.3 is 17.9 Å². The Morgan fingerprint density at radius 3 is 1.90 bits per heavy atom. The number of carboxylic acids is 2. The molecule has 0 saturated carbocycles. The van der Waals surface area contributed by atoms with E-state index in [-0.39, 0.29) is 66.5 Å². The number of aliphatic carboxylic acids is 2. The molecule has 2 heterocycles. The smallest absolute Gasteiger partial charge is 0.329 e. The number of cyclic esters (lactones) is 1. The number of Topliss-reactive ketones (excluding diaryl/α,β-unsaturated/α-hetero) is 4. The molecule has 0 unspecified atom stereocenters. The number of amides is 11. The Hall–Kier alpha value is -11.5. The normalized spacial score (nSPS) is 20.8. The van der Waals surface area contributed by atoms with Gasteiger partial charge in [0.25, 0.3) is 12.9 Å². The summed E-state index contributed by atoms with van der Waals surface area (Å²) in [6.07, 6.45) is -1.11. The van der Waals surface area contributed by atoms with Crippen LogP contribution in [0.2, 0.25) is 10.0 Å². The molecule has 3 aromatic rings. The van der Waals surface area contributed by atoms with E-state index in [0.29, 0.717) is 42.1 Å². The maximum Gasteiger partial charge on any atom is 0.329 e. The van der Waals surface area contributed by atoms with Gasteiger partial charge in [0.05, 0.1) is 67.2 Å². The maximum absolute atomic E-state index is 15.2. The average molecular weight is 1740 g/mol. The van der Waals surface area contributed by atoms with Crippen LogP contribution in [-0.2, 0) is 112 Å². The molecule has 17 N–H and O–H groups in total. The highest BCUT2D eigenvalue weighted by Crippen LogP contribution is 2.33. The average Bonchev–Trinajstić information content (AvgIpc) is 1.79. The van der Waals surface area contributed by atoms with Gasteiger partial charge < -0.3 is 98.7 Å². The van der Waals surface area contributed by atoms with E-state index in [1.165, 1.54) is 13.0 Å². The third kappa shape index (κ3) is 35.0. The molecule has 4 rings (SSSR count). The highest BCUT2D eigenvalue weighted by Gasteiger charge is 2.41. The Bertz CT molecular complexity index is 4200. The van der Waals surface area contributed by atoms with Gasteiger partial charge in [0, 0.05) is 85.1 Å². The minimum Gasteiger partial charge on any atom is -0.481 e. The molecule has 666 valence electrons. The Morgan fingerprint density at radius 1 is 0.653 bits per heavy atom. The largest absolute Gasteiger partial charge is 0.481 e. The van der Waals surface area contributed by atoms with Crippen molar-refractivity contribution in [2.24, 2.45) is 29.4 Å². The van der Waals surface area contributed by atoms with Gasteiger partial charge in [0.15, 0.2) is 23.1 Å². The fourth-order valence-corrected chi connectivity index (χ4v) is 13.6. The van der Waals surface area contributed by atoms with Crippen molar-refractivity contribution in [3.63, 3.8) is 0 Å². The SMILES string of the molecule is CCCCCCCCCC(=O)N[C@@H](Cc1c[nH]c2ccc(C)cc12)C(=O)N[C@H](CC(N)=O)C(=O)C[C@@H](CC(=O)O)C(=O)N[C@@H]1C(=O)NCC(=O)N[C@@H](CCCC)C(=O)C[C@@H](COC=O)C(=O)N[C@H](C)C(=O)N[C@@H](COC=O)C(=O)NCC(=O)N[C@H](CO)C(=O)C[C@@H]([C@H](C)CC(=O)O)C(=O)N[C@@H](CC(=O)c2cc(Cl)cc(Cl)c2NCCC)C(=O)O[C@@H]1C. The molecule has 1 saturated heterocycles. The van der Waals surface area contributed by atoms with Crippen molar-refractivity contribution in [3.05, 3.63) is 63.3 Å². The molecule has 1 fully saturated rings. The summed E-state index contributed by atoms with van der Waals surface area (Å²) >= 11 is 13.0. The summed E-state index contributed by atoms with van der Waals surface area (Å²) in [5.74, 6) is -29.3. The van der Waals surface area contributed by atoms with E-state index in [2.05, 4.69) is 70.4 Å². The standard InChI is InChI=1S/C80H111Cl2N13O26/c1-8-11-13-14-15-16-17-19-66(104)90-57(25-47-34-85-54-21-20-42(4)23-51(47)54)78(116)92-56(33-65(83)103)63(101)26-46(28-70(109)110)74(112)95-71-45(7)121-80(118)58(32-61(99)52-29-49(81)30-53(82)72(52)84-22-10-3)93-76(114)50(43(5)24-69(107)108)31-64(102)59(37-96)91-68(106)35-86-77(115)60(39-120-41-98)94-73(111)44(6)88-75(113)48(38-119-40-97)27-62(100)55(18-12-9-2)89-67(105)36-87-79(71)117/h20-21,23,29-30,34,40-41,43-46,48,50,55-60,71,84-85,96H,8-19,22,24-28,31-33,35-39H2,1-7H3,(H2,83,103)(H,86,115)(H,87,117)(H,88,113)(H,89,105)(H,90,104)(H,91,106)(H,92,116)(H,93,114)(H,94,111)(H,95,112)(H,107,108)(H,109,110)/t43-,44-,45-,46+,48+,50+,55+,56-,57+,58+,59-,60+,71+/m1/s1. The molecular formula is C80H111Cl2N13O26. The van der Waals surface area contributed by atoms with Gasteiger partial charge in [0.2, 0.25) is 65.0 Å². The fourth-order valence-electron chi connectivity index (χ4n) is 13.1. The topological polar surface area (TPSA) is 604 Å². The van der Waals surface area contributed by atoms with Gasteiger partial charge in [-0.05, 0) is 75.8 Å². The van der Waals surface area contributed by atoms with Gasteiger partial charge in [-0.1, -0.05) is 114 Å². The highest BCUT2D eigenvalue weighted by molar-refractivity contribution is 6.37. The Balaban J connectivity index is 1.93. The van der Waals surface area contributed by atoms with Gasteiger partial charge in [0.1, 0.15) is 55.6 Å². The number of hydrogen-bond donors (Lipinski definition) is 16. The molecule has 0 aliphatic carbocycles. The van der Waals surface area contributed by atoms with E-state index < -0.39 is 262 Å². The number of hydrogen-bond acceptors (Lipinski definition) is 25. The number of benzene rings is 2. The molecule has 1 aliphatic rings. The van der Waals surface area contributed by atoms with E-state index in [4.69, 9.17) is 43.1 Å². The molecule has 0 spiro atoms. The number of ketones is 4. The van der Waals surface area contributed by atoms with Crippen molar-refractivity contribution in [2.45, 2.75) is 231 Å². The van der Waals surface area contributed by atoms with Crippen molar-refractivity contribution in [3.8, 4) is 0 Å². The first-order valence-electron chi connectivity index (χ1n) is 39.9. The first-order chi connectivity index (χ1) is 57.4. The zero-order valence-corrected chi connectivity index (χ0v) is 70.1. The lowest BCUT2D eigenvalue weighted by Crippen LogP contribution is -2.57. The second-order valence-electron chi connectivity index (χ2n) is 29.7. The molecule has 121 heavy (non-hydrogen) atoms. The van der Waals surface area contributed by atoms with Crippen LogP contribution in [0.5, 0.6) is 0 Å². The fraction of sp³-hybridized carbons (Fsp3) is 0.575. The molecule has 1 aliphatic heterocycles. The number of esters is 1. The molecule has 11 amide bonds. The first kappa shape index (κ1) is 102.